The number of carbonyl (C=O) groups is 1. The minimum absolute atomic E-state index is 0.0854. The number of ether oxygens (including phenoxy) is 1. The lowest BCUT2D eigenvalue weighted by Crippen LogP contribution is -2.43. The number of fused-ring (bicyclic) bond motifs is 1. The molecule has 1 fully saturated rings. The van der Waals surface area contributed by atoms with Gasteiger partial charge in [0.25, 0.3) is 11.8 Å². The molecule has 1 atom stereocenters. The van der Waals surface area contributed by atoms with Crippen LogP contribution >= 0.6 is 0 Å². The molecule has 7 heteroatoms. The molecule has 4 rings (SSSR count). The third-order valence-electron chi connectivity index (χ3n) is 4.09. The summed E-state index contributed by atoms with van der Waals surface area (Å²) in [7, 11) is 0. The summed E-state index contributed by atoms with van der Waals surface area (Å²) in [5, 5.41) is 4.65. The number of rotatable bonds is 2. The average Bonchev–Trinajstić information content (AvgIpc) is 3.07. The van der Waals surface area contributed by atoms with E-state index in [9.17, 15) is 4.79 Å². The normalized spacial score (nSPS) is 18.0. The van der Waals surface area contributed by atoms with Crippen molar-refractivity contribution in [3.05, 3.63) is 53.8 Å². The molecule has 0 spiro atoms. The van der Waals surface area contributed by atoms with Crippen LogP contribution in [-0.4, -0.2) is 45.7 Å². The minimum atomic E-state index is -0.376. The number of hydrogen-bond donors (Lipinski definition) is 0. The van der Waals surface area contributed by atoms with Gasteiger partial charge in [-0.2, -0.15) is 4.98 Å². The first-order valence-corrected chi connectivity index (χ1v) is 7.77. The Balaban J connectivity index is 1.73. The van der Waals surface area contributed by atoms with Gasteiger partial charge in [0.1, 0.15) is 6.04 Å². The largest absolute Gasteiger partial charge is 0.377 e. The first-order chi connectivity index (χ1) is 11.7. The molecule has 7 nitrogen and oxygen atoms in total. The monoisotopic (exact) mass is 324 g/mol. The van der Waals surface area contributed by atoms with E-state index in [1.54, 1.807) is 18.0 Å². The Morgan fingerprint density at radius 2 is 2.21 bits per heavy atom. The number of morpholine rings is 1. The van der Waals surface area contributed by atoms with E-state index in [0.29, 0.717) is 37.0 Å². The number of pyridine rings is 1. The molecule has 0 aliphatic carbocycles. The lowest BCUT2D eigenvalue weighted by Gasteiger charge is -2.33. The second-order valence-corrected chi connectivity index (χ2v) is 5.64. The zero-order valence-electron chi connectivity index (χ0n) is 13.2. The van der Waals surface area contributed by atoms with E-state index in [2.05, 4.69) is 15.1 Å². The molecule has 3 aromatic rings. The van der Waals surface area contributed by atoms with Gasteiger partial charge in [0, 0.05) is 23.7 Å². The fraction of sp³-hybridized carbons (Fsp3) is 0.294. The summed E-state index contributed by atoms with van der Waals surface area (Å²) in [4.78, 5) is 23.5. The molecule has 24 heavy (non-hydrogen) atoms. The number of aryl methyl sites for hydroxylation is 1. The Bertz CT molecular complexity index is 887. The summed E-state index contributed by atoms with van der Waals surface area (Å²) in [5.74, 6) is 0.856. The summed E-state index contributed by atoms with van der Waals surface area (Å²) in [5.41, 5.74) is 1.41. The zero-order chi connectivity index (χ0) is 16.5. The van der Waals surface area contributed by atoms with Gasteiger partial charge < -0.3 is 14.2 Å². The smallest absolute Gasteiger partial charge is 0.255 e. The maximum atomic E-state index is 13.2. The van der Waals surface area contributed by atoms with Gasteiger partial charge in [-0.15, -0.1) is 0 Å². The van der Waals surface area contributed by atoms with Crippen molar-refractivity contribution in [3.8, 4) is 0 Å². The van der Waals surface area contributed by atoms with Gasteiger partial charge in [0.05, 0.1) is 18.7 Å². The molecule has 1 aliphatic rings. The fourth-order valence-corrected chi connectivity index (χ4v) is 2.94. The predicted molar refractivity (Wildman–Crippen MR) is 85.4 cm³/mol. The molecule has 1 aromatic carbocycles. The van der Waals surface area contributed by atoms with Crippen molar-refractivity contribution in [2.45, 2.75) is 13.0 Å². The van der Waals surface area contributed by atoms with Gasteiger partial charge in [-0.05, 0) is 25.1 Å². The van der Waals surface area contributed by atoms with E-state index in [4.69, 9.17) is 9.26 Å². The highest BCUT2D eigenvalue weighted by molar-refractivity contribution is 6.06. The Kier molecular flexibility index (Phi) is 3.70. The summed E-state index contributed by atoms with van der Waals surface area (Å²) < 4.78 is 10.8. The van der Waals surface area contributed by atoms with Gasteiger partial charge in [-0.3, -0.25) is 9.78 Å². The third kappa shape index (κ3) is 2.52. The average molecular weight is 324 g/mol. The Morgan fingerprint density at radius 1 is 1.29 bits per heavy atom. The van der Waals surface area contributed by atoms with Crippen molar-refractivity contribution >= 4 is 16.8 Å². The van der Waals surface area contributed by atoms with E-state index < -0.39 is 0 Å². The number of carbonyl (C=O) groups excluding carboxylic acids is 1. The molecular formula is C17H16N4O3. The SMILES string of the molecule is Cc1noc([C@H]2COCCN2C(=O)c2cccc3ncccc23)n1. The summed E-state index contributed by atoms with van der Waals surface area (Å²) in [6.45, 7) is 3.05. The maximum Gasteiger partial charge on any atom is 0.255 e. The first-order valence-electron chi connectivity index (χ1n) is 7.77. The minimum Gasteiger partial charge on any atom is -0.377 e. The zero-order valence-corrected chi connectivity index (χ0v) is 13.2. The number of nitrogens with zero attached hydrogens (tertiary/aromatic N) is 4. The molecule has 2 aromatic heterocycles. The van der Waals surface area contributed by atoms with Crippen molar-refractivity contribution in [2.24, 2.45) is 0 Å². The number of amides is 1. The van der Waals surface area contributed by atoms with Crippen molar-refractivity contribution in [1.29, 1.82) is 0 Å². The van der Waals surface area contributed by atoms with E-state index in [-0.39, 0.29) is 11.9 Å². The van der Waals surface area contributed by atoms with Crippen molar-refractivity contribution in [2.75, 3.05) is 19.8 Å². The highest BCUT2D eigenvalue weighted by Crippen LogP contribution is 2.27. The number of aromatic nitrogens is 3. The standard InChI is InChI=1S/C17H16N4O3/c1-11-19-16(24-20-11)15-10-23-9-8-21(15)17(22)13-4-2-6-14-12(13)5-3-7-18-14/h2-7,15H,8-10H2,1H3/t15-/m1/s1. The second kappa shape index (κ2) is 6.01. The van der Waals surface area contributed by atoms with Crippen LogP contribution in [0.3, 0.4) is 0 Å². The van der Waals surface area contributed by atoms with Crippen molar-refractivity contribution in [3.63, 3.8) is 0 Å². The number of hydrogen-bond acceptors (Lipinski definition) is 6. The van der Waals surface area contributed by atoms with Crippen LogP contribution in [0.1, 0.15) is 28.1 Å². The van der Waals surface area contributed by atoms with Crippen molar-refractivity contribution in [1.82, 2.24) is 20.0 Å². The van der Waals surface area contributed by atoms with Crippen LogP contribution in [0.2, 0.25) is 0 Å². The first kappa shape index (κ1) is 14.8. The van der Waals surface area contributed by atoms with E-state index in [1.807, 2.05) is 30.3 Å². The number of benzene rings is 1. The van der Waals surface area contributed by atoms with E-state index >= 15 is 0 Å². The lowest BCUT2D eigenvalue weighted by atomic mass is 10.1. The highest BCUT2D eigenvalue weighted by Gasteiger charge is 2.33. The van der Waals surface area contributed by atoms with Crippen molar-refractivity contribution < 1.29 is 14.1 Å². The van der Waals surface area contributed by atoms with Gasteiger partial charge in [-0.1, -0.05) is 17.3 Å². The Morgan fingerprint density at radius 3 is 3.04 bits per heavy atom. The molecule has 122 valence electrons. The molecule has 0 radical (unpaired) electrons. The van der Waals surface area contributed by atoms with Crippen LogP contribution in [0, 0.1) is 6.92 Å². The molecule has 3 heterocycles. The lowest BCUT2D eigenvalue weighted by molar-refractivity contribution is -0.0118. The summed E-state index contributed by atoms with van der Waals surface area (Å²) in [6, 6.07) is 8.91. The molecule has 1 saturated heterocycles. The third-order valence-corrected chi connectivity index (χ3v) is 4.09. The van der Waals surface area contributed by atoms with Gasteiger partial charge in [0.15, 0.2) is 5.82 Å². The van der Waals surface area contributed by atoms with Crippen LogP contribution in [-0.2, 0) is 4.74 Å². The molecule has 0 bridgehead atoms. The van der Waals surface area contributed by atoms with Crippen LogP contribution in [0.4, 0.5) is 0 Å². The van der Waals surface area contributed by atoms with E-state index in [1.165, 1.54) is 0 Å². The molecule has 0 unspecified atom stereocenters. The van der Waals surface area contributed by atoms with Crippen LogP contribution in [0.5, 0.6) is 0 Å². The Hall–Kier alpha value is -2.80. The second-order valence-electron chi connectivity index (χ2n) is 5.64. The van der Waals surface area contributed by atoms with Crippen LogP contribution in [0.15, 0.2) is 41.1 Å². The van der Waals surface area contributed by atoms with Crippen LogP contribution in [0.25, 0.3) is 10.9 Å². The topological polar surface area (TPSA) is 81.4 Å². The molecule has 0 N–H and O–H groups in total. The Labute approximate surface area is 138 Å². The maximum absolute atomic E-state index is 13.2. The molecule has 0 saturated carbocycles. The molecule has 1 aliphatic heterocycles. The van der Waals surface area contributed by atoms with E-state index in [0.717, 1.165) is 10.9 Å². The summed E-state index contributed by atoms with van der Waals surface area (Å²) in [6.07, 6.45) is 1.72. The quantitative estimate of drug-likeness (QED) is 0.718. The fourth-order valence-electron chi connectivity index (χ4n) is 2.94. The van der Waals surface area contributed by atoms with Gasteiger partial charge in [-0.25, -0.2) is 0 Å². The van der Waals surface area contributed by atoms with Gasteiger partial charge >= 0.3 is 0 Å². The summed E-state index contributed by atoms with van der Waals surface area (Å²) >= 11 is 0. The van der Waals surface area contributed by atoms with Gasteiger partial charge in [0.2, 0.25) is 0 Å². The highest BCUT2D eigenvalue weighted by atomic mass is 16.5. The molecular weight excluding hydrogens is 308 g/mol. The predicted octanol–water partition coefficient (Wildman–Crippen LogP) is 2.14. The molecule has 1 amide bonds. The van der Waals surface area contributed by atoms with Crippen LogP contribution < -0.4 is 0 Å².